The summed E-state index contributed by atoms with van der Waals surface area (Å²) in [7, 11) is -11.9. The van der Waals surface area contributed by atoms with Crippen LogP contribution in [0.5, 0.6) is 0 Å². The summed E-state index contributed by atoms with van der Waals surface area (Å²) in [5, 5.41) is 3.53. The molecule has 1 rings (SSSR count). The lowest BCUT2D eigenvalue weighted by molar-refractivity contribution is 0.593. The minimum atomic E-state index is -4.17. The largest absolute Gasteiger partial charge is 0.258 e. The van der Waals surface area contributed by atoms with E-state index in [2.05, 4.69) is 4.98 Å². The van der Waals surface area contributed by atoms with Gasteiger partial charge in [0.1, 0.15) is 0 Å². The molecular formula is C6H11N3O6S4. The van der Waals surface area contributed by atoms with Crippen molar-refractivity contribution in [3.63, 3.8) is 0 Å². The molecule has 0 saturated heterocycles. The number of aryl methyl sites for hydroxylation is 1. The van der Waals surface area contributed by atoms with Crippen LogP contribution in [-0.2, 0) is 29.9 Å². The molecule has 19 heavy (non-hydrogen) atoms. The van der Waals surface area contributed by atoms with Crippen LogP contribution >= 0.6 is 11.3 Å². The van der Waals surface area contributed by atoms with Crippen molar-refractivity contribution >= 4 is 46.4 Å². The minimum Gasteiger partial charge on any atom is -0.258 e. The maximum absolute atomic E-state index is 11.5. The molecule has 0 spiro atoms. The number of hydrogen-bond donors (Lipinski definition) is 2. The quantitative estimate of drug-likeness (QED) is 0.679. The van der Waals surface area contributed by atoms with Gasteiger partial charge in [0.05, 0.1) is 5.69 Å². The Labute approximate surface area is 114 Å². The van der Waals surface area contributed by atoms with Gasteiger partial charge in [-0.05, 0) is 6.92 Å². The molecule has 1 aromatic heterocycles. The topological polar surface area (TPSA) is 153 Å². The number of nitrogens with zero attached hydrogens (tertiary/aromatic N) is 1. The zero-order chi connectivity index (χ0) is 15.1. The van der Waals surface area contributed by atoms with E-state index in [1.165, 1.54) is 6.92 Å². The Morgan fingerprint density at radius 2 is 1.74 bits per heavy atom. The molecule has 0 fully saturated rings. The number of sulfone groups is 1. The van der Waals surface area contributed by atoms with Crippen LogP contribution in [0.15, 0.2) is 4.21 Å². The molecule has 1 aromatic rings. The normalized spacial score (nSPS) is 13.4. The number of aromatic nitrogens is 1. The molecule has 110 valence electrons. The highest BCUT2D eigenvalue weighted by atomic mass is 32.3. The predicted octanol–water partition coefficient (Wildman–Crippen LogP) is -1.16. The molecule has 13 heteroatoms. The summed E-state index contributed by atoms with van der Waals surface area (Å²) in [6, 6.07) is 0. The molecular weight excluding hydrogens is 338 g/mol. The average Bonchev–Trinajstić information content (AvgIpc) is 2.39. The van der Waals surface area contributed by atoms with Crippen molar-refractivity contribution in [1.29, 1.82) is 0 Å². The number of anilines is 1. The van der Waals surface area contributed by atoms with Crippen LogP contribution in [0.25, 0.3) is 0 Å². The molecule has 1 heterocycles. The van der Waals surface area contributed by atoms with Crippen molar-refractivity contribution in [2.75, 3.05) is 16.1 Å². The van der Waals surface area contributed by atoms with Crippen LogP contribution in [0.3, 0.4) is 0 Å². The summed E-state index contributed by atoms with van der Waals surface area (Å²) in [4.78, 5) is 3.67. The third kappa shape index (κ3) is 5.02. The second-order valence-electron chi connectivity index (χ2n) is 3.70. The van der Waals surface area contributed by atoms with E-state index < -0.39 is 35.0 Å². The Kier molecular flexibility index (Phi) is 4.26. The minimum absolute atomic E-state index is 0.0320. The van der Waals surface area contributed by atoms with Crippen LogP contribution in [0.2, 0.25) is 0 Å². The molecule has 0 bridgehead atoms. The lowest BCUT2D eigenvalue weighted by atomic mass is 10.6. The number of nitrogens with two attached hydrogens (primary N) is 1. The van der Waals surface area contributed by atoms with Crippen molar-refractivity contribution in [3.8, 4) is 0 Å². The van der Waals surface area contributed by atoms with E-state index >= 15 is 0 Å². The first kappa shape index (κ1) is 16.3. The van der Waals surface area contributed by atoms with Gasteiger partial charge >= 0.3 is 0 Å². The van der Waals surface area contributed by atoms with E-state index in [0.29, 0.717) is 11.3 Å². The van der Waals surface area contributed by atoms with Crippen LogP contribution in [0, 0.1) is 6.92 Å². The van der Waals surface area contributed by atoms with Crippen LogP contribution in [0.1, 0.15) is 5.69 Å². The second kappa shape index (κ2) is 4.97. The molecule has 0 aromatic carbocycles. The fourth-order valence-electron chi connectivity index (χ4n) is 1.13. The number of thiazole rings is 1. The van der Waals surface area contributed by atoms with Gasteiger partial charge in [0.2, 0.25) is 20.0 Å². The summed E-state index contributed by atoms with van der Waals surface area (Å²) in [6.07, 6.45) is 0.759. The maximum Gasteiger partial charge on any atom is 0.249 e. The van der Waals surface area contributed by atoms with Crippen molar-refractivity contribution in [1.82, 2.24) is 4.98 Å². The molecule has 0 radical (unpaired) electrons. The highest BCUT2D eigenvalue weighted by Crippen LogP contribution is 2.26. The zero-order valence-electron chi connectivity index (χ0n) is 9.81. The number of rotatable bonds is 5. The smallest absolute Gasteiger partial charge is 0.249 e. The van der Waals surface area contributed by atoms with Gasteiger partial charge in [-0.3, -0.25) is 4.72 Å². The number of sulfonamides is 2. The van der Waals surface area contributed by atoms with Crippen LogP contribution in [-0.4, -0.2) is 41.6 Å². The van der Waals surface area contributed by atoms with E-state index in [0.717, 1.165) is 6.26 Å². The molecule has 0 unspecified atom stereocenters. The van der Waals surface area contributed by atoms with Crippen molar-refractivity contribution in [3.05, 3.63) is 5.69 Å². The first-order chi connectivity index (χ1) is 8.30. The van der Waals surface area contributed by atoms with Crippen molar-refractivity contribution < 1.29 is 25.3 Å². The summed E-state index contributed by atoms with van der Waals surface area (Å²) in [5.41, 5.74) is 0.0320. The second-order valence-corrected chi connectivity index (χ2v) is 10.7. The standard InChI is InChI=1S/C6H11N3O6S4/c1-4-5(19(7,14)15)16-6(8-4)9-18(12,13)3-17(2,10)11/h3H2,1-2H3,(H,8,9)(H2,7,14,15). The van der Waals surface area contributed by atoms with Gasteiger partial charge in [0.15, 0.2) is 24.3 Å². The Balaban J connectivity index is 3.09. The van der Waals surface area contributed by atoms with Crippen LogP contribution < -0.4 is 9.86 Å². The van der Waals surface area contributed by atoms with Gasteiger partial charge in [-0.25, -0.2) is 35.4 Å². The fraction of sp³-hybridized carbons (Fsp3) is 0.500. The Bertz CT molecular complexity index is 788. The van der Waals surface area contributed by atoms with Crippen molar-refractivity contribution in [2.24, 2.45) is 5.14 Å². The Morgan fingerprint density at radius 3 is 2.11 bits per heavy atom. The number of hydrogen-bond acceptors (Lipinski definition) is 8. The van der Waals surface area contributed by atoms with Gasteiger partial charge in [-0.2, -0.15) is 0 Å². The summed E-state index contributed by atoms with van der Waals surface area (Å²) in [5.74, 6) is 0. The fourth-order valence-corrected chi connectivity index (χ4v) is 6.19. The van der Waals surface area contributed by atoms with E-state index in [-0.39, 0.29) is 15.0 Å². The number of nitrogens with one attached hydrogen (secondary N) is 1. The van der Waals surface area contributed by atoms with E-state index in [4.69, 9.17) is 5.14 Å². The molecule has 0 amide bonds. The van der Waals surface area contributed by atoms with E-state index in [1.807, 2.05) is 4.72 Å². The molecule has 3 N–H and O–H groups in total. The Hall–Kier alpha value is -0.760. The summed E-state index contributed by atoms with van der Waals surface area (Å²) >= 11 is 0.510. The third-order valence-corrected chi connectivity index (χ3v) is 7.84. The molecule has 0 saturated carbocycles. The monoisotopic (exact) mass is 349 g/mol. The summed E-state index contributed by atoms with van der Waals surface area (Å²) in [6.45, 7) is 1.34. The van der Waals surface area contributed by atoms with E-state index in [9.17, 15) is 25.3 Å². The molecule has 0 aliphatic heterocycles. The SMILES string of the molecule is Cc1nc(NS(=O)(=O)CS(C)(=O)=O)sc1S(N)(=O)=O. The predicted molar refractivity (Wildman–Crippen MR) is 70.5 cm³/mol. The summed E-state index contributed by atoms with van der Waals surface area (Å²) < 4.78 is 68.7. The maximum atomic E-state index is 11.5. The first-order valence-electron chi connectivity index (χ1n) is 4.49. The lowest BCUT2D eigenvalue weighted by Gasteiger charge is -2.02. The lowest BCUT2D eigenvalue weighted by Crippen LogP contribution is -2.22. The van der Waals surface area contributed by atoms with Gasteiger partial charge in [-0.15, -0.1) is 0 Å². The molecule has 0 aliphatic carbocycles. The average molecular weight is 349 g/mol. The van der Waals surface area contributed by atoms with Crippen molar-refractivity contribution in [2.45, 2.75) is 11.1 Å². The highest BCUT2D eigenvalue weighted by molar-refractivity contribution is 8.08. The van der Waals surface area contributed by atoms with Gasteiger partial charge in [0.25, 0.3) is 0 Å². The molecule has 0 aliphatic rings. The van der Waals surface area contributed by atoms with Gasteiger partial charge in [-0.1, -0.05) is 11.3 Å². The molecule has 9 nitrogen and oxygen atoms in total. The Morgan fingerprint density at radius 1 is 1.21 bits per heavy atom. The van der Waals surface area contributed by atoms with E-state index in [1.54, 1.807) is 0 Å². The first-order valence-corrected chi connectivity index (χ1v) is 10.6. The van der Waals surface area contributed by atoms with Crippen LogP contribution in [0.4, 0.5) is 5.13 Å². The van der Waals surface area contributed by atoms with Gasteiger partial charge < -0.3 is 0 Å². The third-order valence-electron chi connectivity index (χ3n) is 1.62. The highest BCUT2D eigenvalue weighted by Gasteiger charge is 2.23. The zero-order valence-corrected chi connectivity index (χ0v) is 13.1. The number of primary sulfonamides is 1. The molecule has 0 atom stereocenters. The van der Waals surface area contributed by atoms with Gasteiger partial charge in [0, 0.05) is 6.26 Å².